The molecule has 11 heteroatoms. The summed E-state index contributed by atoms with van der Waals surface area (Å²) in [6.07, 6.45) is -7.07. The first kappa shape index (κ1) is 23.6. The van der Waals surface area contributed by atoms with Crippen LogP contribution in [0.5, 0.6) is 0 Å². The van der Waals surface area contributed by atoms with Crippen molar-refractivity contribution in [3.8, 4) is 0 Å². The highest BCUT2D eigenvalue weighted by Gasteiger charge is 2.54. The number of alkyl halides is 1. The topological polar surface area (TPSA) is 140 Å². The predicted molar refractivity (Wildman–Crippen MR) is 101 cm³/mol. The molecule has 0 saturated carbocycles. The van der Waals surface area contributed by atoms with Crippen LogP contribution in [-0.2, 0) is 49.5 Å². The largest absolute Gasteiger partial charge is 0.455 e. The summed E-state index contributed by atoms with van der Waals surface area (Å²) >= 11 is 5.51. The second kappa shape index (κ2) is 10.9. The molecule has 0 aliphatic carbocycles. The third-order valence-corrected chi connectivity index (χ3v) is 4.24. The summed E-state index contributed by atoms with van der Waals surface area (Å²) in [6, 6.07) is 8.92. The summed E-state index contributed by atoms with van der Waals surface area (Å²) in [5.41, 5.74) is 6.14. The van der Waals surface area contributed by atoms with E-state index in [9.17, 15) is 19.2 Å². The molecular formula is C19H22ClNO9. The molecule has 1 heterocycles. The van der Waals surface area contributed by atoms with Crippen molar-refractivity contribution in [2.75, 3.05) is 5.88 Å². The molecule has 0 bridgehead atoms. The fraction of sp³-hybridized carbons (Fsp3) is 0.474. The van der Waals surface area contributed by atoms with Crippen LogP contribution in [0.3, 0.4) is 0 Å². The number of rotatable bonds is 8. The number of esters is 3. The van der Waals surface area contributed by atoms with Gasteiger partial charge in [-0.05, 0) is 5.56 Å². The molecule has 1 aliphatic rings. The van der Waals surface area contributed by atoms with Gasteiger partial charge in [-0.25, -0.2) is 0 Å². The summed E-state index contributed by atoms with van der Waals surface area (Å²) in [5, 5.41) is 0. The number of carbonyl (C=O) groups is 4. The minimum absolute atomic E-state index is 0.00350. The number of benzene rings is 1. The number of hydrogen-bond donors (Lipinski definition) is 1. The van der Waals surface area contributed by atoms with Crippen LogP contribution < -0.4 is 5.73 Å². The second-order valence-corrected chi connectivity index (χ2v) is 6.63. The van der Waals surface area contributed by atoms with Gasteiger partial charge >= 0.3 is 17.9 Å². The number of ether oxygens (including phenoxy) is 5. The SMILES string of the molecule is CC(=O)OC1[C@H](OC(C)=O)OC(C(N)=O)[C@@H](OC(=O)CCl)[C@H]1OCc1ccccc1. The molecule has 0 aromatic heterocycles. The average Bonchev–Trinajstić information content (AvgIpc) is 2.68. The van der Waals surface area contributed by atoms with Crippen LogP contribution >= 0.6 is 11.6 Å². The Labute approximate surface area is 177 Å². The molecular weight excluding hydrogens is 422 g/mol. The summed E-state index contributed by atoms with van der Waals surface area (Å²) in [4.78, 5) is 47.0. The minimum atomic E-state index is -1.55. The van der Waals surface area contributed by atoms with E-state index >= 15 is 0 Å². The van der Waals surface area contributed by atoms with Crippen LogP contribution in [0.2, 0.25) is 0 Å². The molecule has 5 atom stereocenters. The zero-order valence-corrected chi connectivity index (χ0v) is 17.1. The first-order valence-electron chi connectivity index (χ1n) is 8.93. The zero-order valence-electron chi connectivity index (χ0n) is 16.3. The lowest BCUT2D eigenvalue weighted by atomic mass is 9.97. The Morgan fingerprint density at radius 1 is 0.967 bits per heavy atom. The van der Waals surface area contributed by atoms with Crippen LogP contribution in [0.4, 0.5) is 0 Å². The molecule has 1 amide bonds. The van der Waals surface area contributed by atoms with E-state index in [0.717, 1.165) is 19.4 Å². The molecule has 164 valence electrons. The van der Waals surface area contributed by atoms with Gasteiger partial charge < -0.3 is 29.4 Å². The summed E-state index contributed by atoms with van der Waals surface area (Å²) in [6.45, 7) is 2.22. The van der Waals surface area contributed by atoms with Gasteiger partial charge in [0, 0.05) is 13.8 Å². The molecule has 1 fully saturated rings. The van der Waals surface area contributed by atoms with E-state index in [2.05, 4.69) is 0 Å². The van der Waals surface area contributed by atoms with Gasteiger partial charge in [-0.2, -0.15) is 0 Å². The lowest BCUT2D eigenvalue weighted by molar-refractivity contribution is -0.295. The third-order valence-electron chi connectivity index (χ3n) is 4.02. The van der Waals surface area contributed by atoms with Crippen LogP contribution in [-0.4, -0.2) is 60.4 Å². The molecule has 1 aromatic rings. The zero-order chi connectivity index (χ0) is 22.3. The fourth-order valence-corrected chi connectivity index (χ4v) is 2.95. The van der Waals surface area contributed by atoms with Crippen molar-refractivity contribution >= 4 is 35.4 Å². The lowest BCUT2D eigenvalue weighted by Crippen LogP contribution is -2.64. The van der Waals surface area contributed by atoms with Crippen molar-refractivity contribution in [3.05, 3.63) is 35.9 Å². The van der Waals surface area contributed by atoms with Crippen LogP contribution in [0.15, 0.2) is 30.3 Å². The Morgan fingerprint density at radius 2 is 1.60 bits per heavy atom. The molecule has 0 radical (unpaired) electrons. The number of carbonyl (C=O) groups excluding carboxylic acids is 4. The minimum Gasteiger partial charge on any atom is -0.455 e. The van der Waals surface area contributed by atoms with Gasteiger partial charge in [0.25, 0.3) is 5.91 Å². The smallest absolute Gasteiger partial charge is 0.321 e. The molecule has 2 unspecified atom stereocenters. The van der Waals surface area contributed by atoms with Crippen molar-refractivity contribution in [2.24, 2.45) is 5.73 Å². The quantitative estimate of drug-likeness (QED) is 0.344. The number of halogens is 1. The van der Waals surface area contributed by atoms with Gasteiger partial charge in [0.2, 0.25) is 6.29 Å². The third kappa shape index (κ3) is 6.41. The van der Waals surface area contributed by atoms with Gasteiger partial charge in [-0.3, -0.25) is 19.2 Å². The fourth-order valence-electron chi connectivity index (χ4n) is 2.88. The molecule has 1 aliphatic heterocycles. The van der Waals surface area contributed by atoms with Crippen molar-refractivity contribution in [3.63, 3.8) is 0 Å². The highest BCUT2D eigenvalue weighted by molar-refractivity contribution is 6.26. The van der Waals surface area contributed by atoms with Crippen LogP contribution in [0, 0.1) is 0 Å². The first-order chi connectivity index (χ1) is 14.2. The van der Waals surface area contributed by atoms with Crippen molar-refractivity contribution in [2.45, 2.75) is 51.2 Å². The molecule has 0 spiro atoms. The number of nitrogens with two attached hydrogens (primary N) is 1. The van der Waals surface area contributed by atoms with Crippen molar-refractivity contribution in [1.82, 2.24) is 0 Å². The van der Waals surface area contributed by atoms with E-state index in [-0.39, 0.29) is 6.61 Å². The van der Waals surface area contributed by atoms with Crippen molar-refractivity contribution < 1.29 is 42.9 Å². The Morgan fingerprint density at radius 3 is 2.13 bits per heavy atom. The molecule has 2 N–H and O–H groups in total. The van der Waals surface area contributed by atoms with Crippen LogP contribution in [0.25, 0.3) is 0 Å². The molecule has 1 aromatic carbocycles. The first-order valence-corrected chi connectivity index (χ1v) is 9.46. The van der Waals surface area contributed by atoms with E-state index in [1.54, 1.807) is 24.3 Å². The maximum absolute atomic E-state index is 12.0. The van der Waals surface area contributed by atoms with E-state index < -0.39 is 60.4 Å². The monoisotopic (exact) mass is 443 g/mol. The van der Waals surface area contributed by atoms with E-state index in [1.807, 2.05) is 6.07 Å². The maximum Gasteiger partial charge on any atom is 0.321 e. The van der Waals surface area contributed by atoms with Gasteiger partial charge in [-0.1, -0.05) is 30.3 Å². The second-order valence-electron chi connectivity index (χ2n) is 6.36. The number of hydrogen-bond acceptors (Lipinski definition) is 9. The Bertz CT molecular complexity index is 773. The van der Waals surface area contributed by atoms with Crippen molar-refractivity contribution in [1.29, 1.82) is 0 Å². The predicted octanol–water partition coefficient (Wildman–Crippen LogP) is 0.427. The Kier molecular flexibility index (Phi) is 8.58. The number of amides is 1. The Hall–Kier alpha value is -2.69. The van der Waals surface area contributed by atoms with Gasteiger partial charge in [0.15, 0.2) is 18.3 Å². The van der Waals surface area contributed by atoms with Gasteiger partial charge in [-0.15, -0.1) is 11.6 Å². The maximum atomic E-state index is 12.0. The standard InChI is InChI=1S/C19H22ClNO9/c1-10(22)27-17-14(26-9-12-6-4-3-5-7-12)15(29-13(24)8-20)16(18(21)25)30-19(17)28-11(2)23/h3-7,14-17,19H,8-9H2,1-2H3,(H2,21,25)/t14-,15+,16?,17?,19-/m1/s1. The summed E-state index contributed by atoms with van der Waals surface area (Å²) in [7, 11) is 0. The molecule has 10 nitrogen and oxygen atoms in total. The average molecular weight is 444 g/mol. The van der Waals surface area contributed by atoms with E-state index in [4.69, 9.17) is 41.0 Å². The normalized spacial score (nSPS) is 25.8. The highest BCUT2D eigenvalue weighted by atomic mass is 35.5. The van der Waals surface area contributed by atoms with Gasteiger partial charge in [0.05, 0.1) is 6.61 Å². The van der Waals surface area contributed by atoms with Gasteiger partial charge in [0.1, 0.15) is 12.0 Å². The van der Waals surface area contributed by atoms with Crippen LogP contribution in [0.1, 0.15) is 19.4 Å². The Balaban J connectivity index is 2.41. The molecule has 30 heavy (non-hydrogen) atoms. The highest BCUT2D eigenvalue weighted by Crippen LogP contribution is 2.30. The van der Waals surface area contributed by atoms with E-state index in [1.165, 1.54) is 0 Å². The summed E-state index contributed by atoms with van der Waals surface area (Å²) in [5.74, 6) is -3.90. The summed E-state index contributed by atoms with van der Waals surface area (Å²) < 4.78 is 26.8. The molecule has 2 rings (SSSR count). The van der Waals surface area contributed by atoms with E-state index in [0.29, 0.717) is 0 Å². The lowest BCUT2D eigenvalue weighted by Gasteiger charge is -2.43. The molecule has 1 saturated heterocycles. The number of primary amides is 1.